The molecular formula is C7H12FN. The van der Waals surface area contributed by atoms with Gasteiger partial charge in [-0.15, -0.1) is 0 Å². The Morgan fingerprint density at radius 2 is 2.11 bits per heavy atom. The van der Waals surface area contributed by atoms with Gasteiger partial charge in [0, 0.05) is 5.70 Å². The Hall–Kier alpha value is -0.790. The van der Waals surface area contributed by atoms with Gasteiger partial charge in [0.2, 0.25) is 0 Å². The minimum atomic E-state index is -0.139. The van der Waals surface area contributed by atoms with Crippen molar-refractivity contribution >= 4 is 0 Å². The van der Waals surface area contributed by atoms with Gasteiger partial charge in [-0.05, 0) is 25.5 Å². The van der Waals surface area contributed by atoms with Gasteiger partial charge < -0.3 is 5.73 Å². The van der Waals surface area contributed by atoms with Crippen LogP contribution in [0.25, 0.3) is 0 Å². The third-order valence-electron chi connectivity index (χ3n) is 0.865. The molecule has 0 atom stereocenters. The van der Waals surface area contributed by atoms with Crippen LogP contribution in [-0.4, -0.2) is 0 Å². The van der Waals surface area contributed by atoms with E-state index in [1.165, 1.54) is 6.08 Å². The lowest BCUT2D eigenvalue weighted by Crippen LogP contribution is -1.87. The molecule has 0 aromatic rings. The number of nitrogens with two attached hydrogens (primary N) is 1. The summed E-state index contributed by atoms with van der Waals surface area (Å²) in [6.07, 6.45) is 3.37. The van der Waals surface area contributed by atoms with Crippen molar-refractivity contribution < 1.29 is 4.39 Å². The van der Waals surface area contributed by atoms with E-state index in [0.29, 0.717) is 12.1 Å². The molecule has 0 aliphatic rings. The molecule has 0 aliphatic carbocycles. The van der Waals surface area contributed by atoms with Gasteiger partial charge in [0.1, 0.15) is 0 Å². The number of allylic oxidation sites excluding steroid dienone is 4. The molecule has 1 nitrogen and oxygen atoms in total. The van der Waals surface area contributed by atoms with E-state index < -0.39 is 0 Å². The summed E-state index contributed by atoms with van der Waals surface area (Å²) in [4.78, 5) is 0. The molecule has 0 saturated carbocycles. The van der Waals surface area contributed by atoms with E-state index >= 15 is 0 Å². The molecule has 0 rings (SSSR count). The molecule has 0 fully saturated rings. The first-order valence-corrected chi connectivity index (χ1v) is 2.95. The second-order valence-electron chi connectivity index (χ2n) is 1.88. The standard InChI is InChI=1S/C7H12FN/c1-3-7(8)5-4-6(2)9/h4-5H,3,9H2,1-2H3/b6-4+,7-5+. The molecule has 0 heterocycles. The van der Waals surface area contributed by atoms with Crippen LogP contribution in [-0.2, 0) is 0 Å². The summed E-state index contributed by atoms with van der Waals surface area (Å²) in [7, 11) is 0. The molecule has 52 valence electrons. The van der Waals surface area contributed by atoms with E-state index in [-0.39, 0.29) is 5.83 Å². The highest BCUT2D eigenvalue weighted by molar-refractivity contribution is 5.10. The first kappa shape index (κ1) is 8.21. The first-order valence-electron chi connectivity index (χ1n) is 2.95. The third kappa shape index (κ3) is 5.07. The fourth-order valence-electron chi connectivity index (χ4n) is 0.340. The van der Waals surface area contributed by atoms with Crippen molar-refractivity contribution in [3.05, 3.63) is 23.7 Å². The van der Waals surface area contributed by atoms with Crippen molar-refractivity contribution in [2.75, 3.05) is 0 Å². The summed E-state index contributed by atoms with van der Waals surface area (Å²) >= 11 is 0. The summed E-state index contributed by atoms with van der Waals surface area (Å²) in [6.45, 7) is 3.48. The number of rotatable bonds is 2. The normalized spacial score (nSPS) is 14.1. The van der Waals surface area contributed by atoms with Gasteiger partial charge in [-0.25, -0.2) is 4.39 Å². The minimum Gasteiger partial charge on any atom is -0.402 e. The van der Waals surface area contributed by atoms with Crippen molar-refractivity contribution in [3.8, 4) is 0 Å². The van der Waals surface area contributed by atoms with Crippen molar-refractivity contribution in [3.63, 3.8) is 0 Å². The van der Waals surface area contributed by atoms with Crippen molar-refractivity contribution in [1.82, 2.24) is 0 Å². The molecule has 0 unspecified atom stereocenters. The summed E-state index contributed by atoms with van der Waals surface area (Å²) in [5.74, 6) is -0.139. The van der Waals surface area contributed by atoms with Crippen LogP contribution >= 0.6 is 0 Å². The lowest BCUT2D eigenvalue weighted by atomic mass is 10.3. The molecule has 0 aromatic carbocycles. The quantitative estimate of drug-likeness (QED) is 0.568. The summed E-state index contributed by atoms with van der Waals surface area (Å²) in [5, 5.41) is 0. The zero-order valence-electron chi connectivity index (χ0n) is 5.82. The monoisotopic (exact) mass is 129 g/mol. The molecule has 0 bridgehead atoms. The molecule has 2 heteroatoms. The Morgan fingerprint density at radius 3 is 2.44 bits per heavy atom. The Labute approximate surface area is 55.1 Å². The summed E-state index contributed by atoms with van der Waals surface area (Å²) < 4.78 is 12.3. The van der Waals surface area contributed by atoms with Gasteiger partial charge in [-0.1, -0.05) is 6.92 Å². The van der Waals surface area contributed by atoms with Gasteiger partial charge in [-0.3, -0.25) is 0 Å². The number of hydrogen-bond donors (Lipinski definition) is 1. The molecule has 0 saturated heterocycles. The van der Waals surface area contributed by atoms with Crippen molar-refractivity contribution in [2.24, 2.45) is 5.73 Å². The topological polar surface area (TPSA) is 26.0 Å². The van der Waals surface area contributed by atoms with E-state index in [1.54, 1.807) is 19.9 Å². The summed E-state index contributed by atoms with van der Waals surface area (Å²) in [6, 6.07) is 0. The van der Waals surface area contributed by atoms with Gasteiger partial charge in [0.25, 0.3) is 0 Å². The second-order valence-corrected chi connectivity index (χ2v) is 1.88. The predicted octanol–water partition coefficient (Wildman–Crippen LogP) is 2.11. The maximum Gasteiger partial charge on any atom is 0.0997 e. The highest BCUT2D eigenvalue weighted by atomic mass is 19.1. The lowest BCUT2D eigenvalue weighted by molar-refractivity contribution is 0.604. The van der Waals surface area contributed by atoms with E-state index in [0.717, 1.165) is 0 Å². The average Bonchev–Trinajstić information content (AvgIpc) is 1.83. The number of hydrogen-bond acceptors (Lipinski definition) is 1. The van der Waals surface area contributed by atoms with Crippen LogP contribution in [0.1, 0.15) is 20.3 Å². The van der Waals surface area contributed by atoms with Gasteiger partial charge in [0.05, 0.1) is 5.83 Å². The van der Waals surface area contributed by atoms with E-state index in [2.05, 4.69) is 0 Å². The maximum atomic E-state index is 12.3. The molecule has 0 amide bonds. The van der Waals surface area contributed by atoms with E-state index in [9.17, 15) is 4.39 Å². The van der Waals surface area contributed by atoms with E-state index in [4.69, 9.17) is 5.73 Å². The van der Waals surface area contributed by atoms with Crippen LogP contribution < -0.4 is 5.73 Å². The molecule has 0 aliphatic heterocycles. The van der Waals surface area contributed by atoms with Crippen LogP contribution in [0.2, 0.25) is 0 Å². The first-order chi connectivity index (χ1) is 4.16. The van der Waals surface area contributed by atoms with Crippen molar-refractivity contribution in [2.45, 2.75) is 20.3 Å². The Bertz CT molecular complexity index is 132. The molecule has 0 aromatic heterocycles. The third-order valence-corrected chi connectivity index (χ3v) is 0.865. The SMILES string of the molecule is CC/C(F)=C\C=C(/C)N. The van der Waals surface area contributed by atoms with Gasteiger partial charge in [0.15, 0.2) is 0 Å². The second kappa shape index (κ2) is 4.13. The highest BCUT2D eigenvalue weighted by Gasteiger charge is 1.83. The van der Waals surface area contributed by atoms with Gasteiger partial charge >= 0.3 is 0 Å². The number of halogens is 1. The lowest BCUT2D eigenvalue weighted by Gasteiger charge is -1.86. The van der Waals surface area contributed by atoms with Crippen LogP contribution in [0.4, 0.5) is 4.39 Å². The molecular weight excluding hydrogens is 117 g/mol. The Kier molecular flexibility index (Phi) is 3.76. The van der Waals surface area contributed by atoms with Crippen LogP contribution in [0, 0.1) is 0 Å². The Morgan fingerprint density at radius 1 is 1.56 bits per heavy atom. The van der Waals surface area contributed by atoms with Crippen LogP contribution in [0.3, 0.4) is 0 Å². The minimum absolute atomic E-state index is 0.139. The Balaban J connectivity index is 3.83. The zero-order valence-corrected chi connectivity index (χ0v) is 5.82. The smallest absolute Gasteiger partial charge is 0.0997 e. The van der Waals surface area contributed by atoms with Crippen LogP contribution in [0.5, 0.6) is 0 Å². The van der Waals surface area contributed by atoms with Crippen molar-refractivity contribution in [1.29, 1.82) is 0 Å². The fourth-order valence-corrected chi connectivity index (χ4v) is 0.340. The maximum absolute atomic E-state index is 12.3. The van der Waals surface area contributed by atoms with Crippen LogP contribution in [0.15, 0.2) is 23.7 Å². The molecule has 2 N–H and O–H groups in total. The molecule has 0 spiro atoms. The van der Waals surface area contributed by atoms with Gasteiger partial charge in [-0.2, -0.15) is 0 Å². The largest absolute Gasteiger partial charge is 0.402 e. The summed E-state index contributed by atoms with van der Waals surface area (Å²) in [5.41, 5.74) is 5.87. The average molecular weight is 129 g/mol. The molecule has 9 heavy (non-hydrogen) atoms. The predicted molar refractivity (Wildman–Crippen MR) is 37.4 cm³/mol. The van der Waals surface area contributed by atoms with E-state index in [1.807, 2.05) is 0 Å². The zero-order chi connectivity index (χ0) is 7.28. The highest BCUT2D eigenvalue weighted by Crippen LogP contribution is 2.01. The fraction of sp³-hybridized carbons (Fsp3) is 0.429. The molecule has 0 radical (unpaired) electrons.